The van der Waals surface area contributed by atoms with E-state index in [1.54, 1.807) is 122 Å². The number of carboxylic acid groups (broad SMARTS) is 1. The van der Waals surface area contributed by atoms with E-state index in [0.29, 0.717) is 49.1 Å². The fourth-order valence-corrected chi connectivity index (χ4v) is 15.3. The van der Waals surface area contributed by atoms with Crippen LogP contribution in [-0.4, -0.2) is 188 Å². The Hall–Kier alpha value is -15.8. The molecule has 0 bridgehead atoms. The summed E-state index contributed by atoms with van der Waals surface area (Å²) in [6.07, 6.45) is 14.4. The van der Waals surface area contributed by atoms with Crippen molar-refractivity contribution in [3.63, 3.8) is 0 Å². The van der Waals surface area contributed by atoms with Gasteiger partial charge in [0.25, 0.3) is 34.1 Å². The number of nitrogens with zero attached hydrogens (tertiary/aromatic N) is 13. The average Bonchev–Trinajstić information content (AvgIpc) is 0.741. The maximum absolute atomic E-state index is 11.3. The number of Topliss-reactive ketones (excluding diaryl/α,β-unsaturated/α-hetero) is 1. The van der Waals surface area contributed by atoms with Crippen LogP contribution in [0.4, 0.5) is 59.3 Å². The average molecular weight is 2170 g/mol. The number of benzene rings is 12. The number of carbonyl (C=O) groups excluding carboxylic acids is 2. The Balaban J connectivity index is 0.000000208. The molecular weight excluding hydrogens is 2060 g/mol. The molecule has 32 nitrogen and oxygen atoms in total. The molecule has 0 amide bonds. The first-order valence-corrected chi connectivity index (χ1v) is 47.4. The van der Waals surface area contributed by atoms with Gasteiger partial charge in [0.15, 0.2) is 12.0 Å². The number of carbonyl (C=O) groups is 3. The predicted molar refractivity (Wildman–Crippen MR) is 575 cm³/mol. The van der Waals surface area contributed by atoms with Gasteiger partial charge >= 0.3 is 39.0 Å². The molecule has 3 aromatic heterocycles. The number of halogens is 8. The predicted octanol–water partition coefficient (Wildman–Crippen LogP) is 25.7. The summed E-state index contributed by atoms with van der Waals surface area (Å²) in [6.45, 7) is 14.5. The molecule has 0 unspecified atom stereocenters. The number of nitrogens with one attached hydrogen (secondary N) is 1. The number of rotatable bonds is 21. The molecule has 5 heterocycles. The monoisotopic (exact) mass is 2170 g/mol. The summed E-state index contributed by atoms with van der Waals surface area (Å²) in [4.78, 5) is 115. The Morgan fingerprint density at radius 2 is 0.748 bits per heavy atom. The van der Waals surface area contributed by atoms with E-state index in [0.717, 1.165) is 159 Å². The fraction of sp³-hybridized carbons (Fsp3) is 0.198. The van der Waals surface area contributed by atoms with Crippen LogP contribution in [0.15, 0.2) is 298 Å². The van der Waals surface area contributed by atoms with Gasteiger partial charge in [-0.2, -0.15) is 0 Å². The van der Waals surface area contributed by atoms with Crippen LogP contribution < -0.4 is 5.32 Å². The molecule has 2 aliphatic heterocycles. The number of ketones is 2. The van der Waals surface area contributed by atoms with Gasteiger partial charge in [-0.1, -0.05) is 140 Å². The molecule has 17 rings (SSSR count). The first-order chi connectivity index (χ1) is 69.2. The minimum Gasteiger partial charge on any atom is -0.481 e. The summed E-state index contributed by atoms with van der Waals surface area (Å²) < 4.78 is 71.5. The molecule has 2 fully saturated rings. The number of allylic oxidation sites excluding steroid dienone is 4. The van der Waals surface area contributed by atoms with Crippen molar-refractivity contribution in [2.75, 3.05) is 94.9 Å². The topological polar surface area (TPSA) is 412 Å². The Morgan fingerprint density at radius 3 is 1.11 bits per heavy atom. The van der Waals surface area contributed by atoms with Gasteiger partial charge in [0.2, 0.25) is 0 Å². The summed E-state index contributed by atoms with van der Waals surface area (Å²) in [6, 6.07) is 74.7. The van der Waals surface area contributed by atoms with Gasteiger partial charge in [0, 0.05) is 151 Å². The van der Waals surface area contributed by atoms with Gasteiger partial charge in [-0.05, 0) is 190 Å². The minimum atomic E-state index is -10.7. The Bertz CT molecular complexity index is 7390. The molecule has 15 aromatic rings. The second-order valence-corrected chi connectivity index (χ2v) is 35.6. The number of nitro groups is 6. The number of aliphatic carboxylic acids is 1. The maximum Gasteiger partial charge on any atom is 0.307 e. The molecule has 768 valence electrons. The number of ether oxygens (including phenoxy) is 2. The normalized spacial score (nSPS) is 12.7. The largest absolute Gasteiger partial charge is 0.481 e. The zero-order chi connectivity index (χ0) is 107. The molecule has 0 atom stereocenters. The number of aryl methyl sites for hydroxylation is 1. The van der Waals surface area contributed by atoms with Gasteiger partial charge < -0.3 is 34.5 Å². The van der Waals surface area contributed by atoms with Crippen molar-refractivity contribution in [3.8, 4) is 33.4 Å². The van der Waals surface area contributed by atoms with E-state index in [9.17, 15) is 100 Å². The Kier molecular flexibility index (Phi) is 42.5. The third-order valence-corrected chi connectivity index (χ3v) is 21.6. The zero-order valence-electron chi connectivity index (χ0n) is 81.3. The standard InChI is InChI=1S/C20H19N3O3.C18H18N2O3.C17H20N3O2.C16H11ClN2O2.C16H12N2O2.C12H9NO4.C4H9NO.C3H6O.F6P.HI/c24-23(25)20-6-2-4-18-17(3-1-5-19(18)20)15-7-8-16(21-13-15)14-22-9-11-26-12-10-22;1-13(21)8-9-14(12-19(2)3)15-10-11-18(20(22)23)17-7-5-4-6-16(15)17;1-18(2)11-13(12-19(3)4)14-9-10-17(20(21)22)16-8-6-5-7-15(14)16;17-9-12-6-5-11(10-18-12)13-7-8-16(19(20)21)15-4-2-1-3-14(13)15;1-11-6-7-12(10-17-11)13-8-9-16(18(19)20)15-5-3-2-4-14(13)15;14-12(15)7-8-5-6-11(13(16)17)10-4-2-1-3-9(8)10;1-3-6-4-2-5-1;1-3(2)4;1-7(2,3,4,5)6;/h1-8,13H,9-12,14H2;4-12H,1-3H3;5-12H,1-4H3;1-8,10H,9H2;2-10H,1H3;1-6H,7H2,(H,14,15);5H,1-4H2;1-2H3;;1H/q;;+1;;;;;;-1;/b;9-8-,14-12-;;;;;;;;. The Morgan fingerprint density at radius 1 is 0.422 bits per heavy atom. The Labute approximate surface area is 862 Å². The van der Waals surface area contributed by atoms with Crippen LogP contribution in [0.25, 0.3) is 109 Å². The van der Waals surface area contributed by atoms with E-state index >= 15 is 0 Å². The second-order valence-electron chi connectivity index (χ2n) is 33.4. The number of hydrogen-bond acceptors (Lipinski definition) is 24. The van der Waals surface area contributed by atoms with Crippen molar-refractivity contribution >= 4 is 177 Å². The van der Waals surface area contributed by atoms with E-state index in [4.69, 9.17) is 26.2 Å². The number of morpholine rings is 2. The third kappa shape index (κ3) is 36.2. The van der Waals surface area contributed by atoms with Crippen molar-refractivity contribution in [1.82, 2.24) is 35.0 Å². The molecular formula is C106H105ClF6IN14O18P. The third-order valence-electron chi connectivity index (χ3n) is 21.3. The van der Waals surface area contributed by atoms with Crippen molar-refractivity contribution < 1.29 is 88.3 Å². The van der Waals surface area contributed by atoms with Crippen LogP contribution in [0.5, 0.6) is 0 Å². The molecule has 0 saturated carbocycles. The summed E-state index contributed by atoms with van der Waals surface area (Å²) in [5.74, 6) is -0.480. The van der Waals surface area contributed by atoms with E-state index < -0.39 is 18.7 Å². The fourth-order valence-electron chi connectivity index (χ4n) is 15.2. The van der Waals surface area contributed by atoms with Crippen molar-refractivity contribution in [1.29, 1.82) is 0 Å². The van der Waals surface area contributed by atoms with E-state index in [2.05, 4.69) is 25.2 Å². The summed E-state index contributed by atoms with van der Waals surface area (Å²) in [5.41, 5.74) is 13.2. The van der Waals surface area contributed by atoms with Crippen LogP contribution >= 0.6 is 43.4 Å². The molecule has 12 aromatic carbocycles. The molecule has 0 aliphatic carbocycles. The second kappa shape index (κ2) is 53.7. The summed E-state index contributed by atoms with van der Waals surface area (Å²) in [7, 11) is 0.933. The van der Waals surface area contributed by atoms with Crippen LogP contribution in [0, 0.1) is 67.6 Å². The van der Waals surface area contributed by atoms with Gasteiger partial charge in [-0.15, -0.1) is 35.6 Å². The van der Waals surface area contributed by atoms with Gasteiger partial charge in [0.05, 0.1) is 118 Å². The minimum absolute atomic E-state index is 0. The number of alkyl halides is 1. The van der Waals surface area contributed by atoms with Gasteiger partial charge in [-0.25, -0.2) is 4.58 Å². The maximum atomic E-state index is 11.3. The van der Waals surface area contributed by atoms with Crippen LogP contribution in [0.3, 0.4) is 0 Å². The molecule has 2 aliphatic rings. The number of aromatic nitrogens is 3. The summed E-state index contributed by atoms with van der Waals surface area (Å²) >= 11 is 5.74. The van der Waals surface area contributed by atoms with Crippen LogP contribution in [-0.2, 0) is 42.7 Å². The van der Waals surface area contributed by atoms with E-state index in [1.165, 1.54) is 57.2 Å². The molecule has 2 N–H and O–H groups in total. The van der Waals surface area contributed by atoms with Gasteiger partial charge in [0.1, 0.15) is 19.9 Å². The number of non-ortho nitro benzene ring substituents is 6. The molecule has 0 radical (unpaired) electrons. The quantitative estimate of drug-likeness (QED) is 0.00644. The van der Waals surface area contributed by atoms with E-state index in [-0.39, 0.29) is 101 Å². The van der Waals surface area contributed by atoms with Crippen molar-refractivity contribution in [2.24, 2.45) is 0 Å². The number of nitro benzene ring substituents is 6. The molecule has 147 heavy (non-hydrogen) atoms. The molecule has 0 spiro atoms. The number of fused-ring (bicyclic) bond motifs is 6. The number of pyridine rings is 3. The molecule has 41 heteroatoms. The van der Waals surface area contributed by atoms with Crippen molar-refractivity contribution in [2.45, 2.75) is 46.5 Å². The number of hydrogen-bond donors (Lipinski definition) is 2. The molecule has 2 saturated heterocycles. The van der Waals surface area contributed by atoms with Crippen LogP contribution in [0.1, 0.15) is 54.5 Å². The summed E-state index contributed by atoms with van der Waals surface area (Å²) in [5, 5.41) is 87.2. The zero-order valence-corrected chi connectivity index (χ0v) is 85.3. The first kappa shape index (κ1) is 116. The van der Waals surface area contributed by atoms with Crippen LogP contribution in [0.2, 0.25) is 0 Å². The van der Waals surface area contributed by atoms with Crippen molar-refractivity contribution in [3.05, 3.63) is 392 Å². The van der Waals surface area contributed by atoms with Gasteiger partial charge in [-0.3, -0.25) is 90.1 Å². The smallest absolute Gasteiger partial charge is 0.307 e. The SMILES string of the molecule is C1COCCN1.CC(=O)/C=C\C(=C\N(C)C)c1ccc([N+](=O)[O-])c2ccccc12.CC(C)=O.CN(C)/C=C(/C=[N+](C)C)c1ccc([N+](=O)[O-])c2ccccc12.Cc1ccc(-c2ccc([N+](=O)[O-])c3ccccc23)cn1.F[P-](F)(F)(F)(F)F.I.O=C(O)Cc1ccc([N+](=O)[O-])c2ccccc12.O=[N+]([O-])c1ccc(-c2ccc(CCl)nc2)c2ccccc12.O=[N+]([O-])c1cccc2c(-c3ccc(CN4CCOCC4)nc3)cccc12. The first-order valence-electron chi connectivity index (χ1n) is 44.8. The number of carboxylic acids is 1. The van der Waals surface area contributed by atoms with E-state index in [1.807, 2.05) is 210 Å².